The van der Waals surface area contributed by atoms with Crippen molar-refractivity contribution < 1.29 is 4.79 Å². The quantitative estimate of drug-likeness (QED) is 0.904. The number of benzene rings is 2. The van der Waals surface area contributed by atoms with Gasteiger partial charge in [0, 0.05) is 24.5 Å². The van der Waals surface area contributed by atoms with E-state index in [0.717, 1.165) is 35.8 Å². The normalized spacial score (nSPS) is 17.6. The van der Waals surface area contributed by atoms with Gasteiger partial charge in [-0.15, -0.1) is 0 Å². The van der Waals surface area contributed by atoms with Crippen LogP contribution in [0.4, 0.5) is 11.4 Å². The number of rotatable bonds is 4. The number of carbonyl (C=O) groups is 1. The fourth-order valence-electron chi connectivity index (χ4n) is 3.37. The monoisotopic (exact) mass is 322 g/mol. The average Bonchev–Trinajstić information content (AvgIpc) is 2.58. The summed E-state index contributed by atoms with van der Waals surface area (Å²) in [5, 5.41) is 3.00. The van der Waals surface area contributed by atoms with Gasteiger partial charge in [-0.1, -0.05) is 31.2 Å². The molecule has 1 aliphatic heterocycles. The number of anilines is 2. The number of aryl methyl sites for hydroxylation is 1. The van der Waals surface area contributed by atoms with Gasteiger partial charge in [0.15, 0.2) is 0 Å². The van der Waals surface area contributed by atoms with Crippen LogP contribution in [-0.4, -0.2) is 19.0 Å². The fourth-order valence-corrected chi connectivity index (χ4v) is 3.37. The molecule has 0 spiro atoms. The van der Waals surface area contributed by atoms with Crippen LogP contribution in [-0.2, 0) is 11.2 Å². The van der Waals surface area contributed by atoms with E-state index >= 15 is 0 Å². The van der Waals surface area contributed by atoms with Crippen LogP contribution in [0.1, 0.15) is 30.9 Å². The Morgan fingerprint density at radius 1 is 1.17 bits per heavy atom. The second-order valence-corrected chi connectivity index (χ2v) is 6.89. The second kappa shape index (κ2) is 7.52. The van der Waals surface area contributed by atoms with Crippen molar-refractivity contribution >= 4 is 17.3 Å². The molecule has 3 rings (SSSR count). The van der Waals surface area contributed by atoms with E-state index in [2.05, 4.69) is 29.3 Å². The van der Waals surface area contributed by atoms with Gasteiger partial charge in [-0.25, -0.2) is 0 Å². The largest absolute Gasteiger partial charge is 0.371 e. The van der Waals surface area contributed by atoms with Crippen LogP contribution in [0.25, 0.3) is 0 Å². The first-order valence-corrected chi connectivity index (χ1v) is 8.81. The lowest BCUT2D eigenvalue weighted by Crippen LogP contribution is -2.34. The molecule has 0 saturated carbocycles. The molecular weight excluding hydrogens is 296 g/mol. The van der Waals surface area contributed by atoms with E-state index in [9.17, 15) is 4.79 Å². The molecule has 3 heteroatoms. The Balaban J connectivity index is 1.59. The van der Waals surface area contributed by atoms with Crippen LogP contribution in [0.15, 0.2) is 48.5 Å². The third-order valence-corrected chi connectivity index (χ3v) is 4.79. The van der Waals surface area contributed by atoms with Crippen LogP contribution in [0.3, 0.4) is 0 Å². The lowest BCUT2D eigenvalue weighted by molar-refractivity contribution is -0.115. The van der Waals surface area contributed by atoms with Gasteiger partial charge in [0.2, 0.25) is 5.91 Å². The minimum absolute atomic E-state index is 0.0312. The summed E-state index contributed by atoms with van der Waals surface area (Å²) < 4.78 is 0. The lowest BCUT2D eigenvalue weighted by Gasteiger charge is -2.32. The molecule has 3 nitrogen and oxygen atoms in total. The minimum Gasteiger partial charge on any atom is -0.371 e. The molecule has 2 aromatic rings. The van der Waals surface area contributed by atoms with Crippen molar-refractivity contribution in [2.45, 2.75) is 33.1 Å². The highest BCUT2D eigenvalue weighted by molar-refractivity contribution is 5.92. The van der Waals surface area contributed by atoms with Crippen LogP contribution in [0.5, 0.6) is 0 Å². The summed E-state index contributed by atoms with van der Waals surface area (Å²) in [6.45, 7) is 6.60. The predicted molar refractivity (Wildman–Crippen MR) is 101 cm³/mol. The van der Waals surface area contributed by atoms with Gasteiger partial charge < -0.3 is 10.2 Å². The third kappa shape index (κ3) is 4.16. The maximum absolute atomic E-state index is 12.2. The van der Waals surface area contributed by atoms with Crippen molar-refractivity contribution in [3.63, 3.8) is 0 Å². The Morgan fingerprint density at radius 2 is 1.92 bits per heavy atom. The van der Waals surface area contributed by atoms with Crippen molar-refractivity contribution in [3.8, 4) is 0 Å². The first-order chi connectivity index (χ1) is 11.6. The maximum Gasteiger partial charge on any atom is 0.228 e. The molecule has 0 aromatic heterocycles. The molecule has 1 amide bonds. The van der Waals surface area contributed by atoms with E-state index in [0.29, 0.717) is 6.42 Å². The number of nitrogens with one attached hydrogen (secondary N) is 1. The summed E-state index contributed by atoms with van der Waals surface area (Å²) in [6.07, 6.45) is 3.00. The summed E-state index contributed by atoms with van der Waals surface area (Å²) in [6, 6.07) is 16.3. The molecule has 1 N–H and O–H groups in total. The molecule has 0 aliphatic carbocycles. The second-order valence-electron chi connectivity index (χ2n) is 6.89. The SMILES string of the molecule is Cc1ccccc1CC(=O)Nc1ccc(N2CCCC(C)C2)cc1. The molecular formula is C21H26N2O. The van der Waals surface area contributed by atoms with Gasteiger partial charge in [0.25, 0.3) is 0 Å². The number of piperidine rings is 1. The number of amides is 1. The number of hydrogen-bond acceptors (Lipinski definition) is 2. The Bertz CT molecular complexity index is 693. The van der Waals surface area contributed by atoms with E-state index in [1.807, 2.05) is 43.3 Å². The number of carbonyl (C=O) groups excluding carboxylic acids is 1. The van der Waals surface area contributed by atoms with Gasteiger partial charge in [-0.3, -0.25) is 4.79 Å². The third-order valence-electron chi connectivity index (χ3n) is 4.79. The zero-order valence-corrected chi connectivity index (χ0v) is 14.6. The summed E-state index contributed by atoms with van der Waals surface area (Å²) in [5.74, 6) is 0.788. The van der Waals surface area contributed by atoms with Crippen LogP contribution in [0, 0.1) is 12.8 Å². The number of hydrogen-bond donors (Lipinski definition) is 1. The molecule has 0 bridgehead atoms. The van der Waals surface area contributed by atoms with E-state index in [1.54, 1.807) is 0 Å². The van der Waals surface area contributed by atoms with Gasteiger partial charge in [0.05, 0.1) is 6.42 Å². The molecule has 1 aliphatic rings. The summed E-state index contributed by atoms with van der Waals surface area (Å²) >= 11 is 0. The molecule has 126 valence electrons. The van der Waals surface area contributed by atoms with Crippen molar-refractivity contribution in [1.29, 1.82) is 0 Å². The zero-order valence-electron chi connectivity index (χ0n) is 14.6. The van der Waals surface area contributed by atoms with Gasteiger partial charge >= 0.3 is 0 Å². The van der Waals surface area contributed by atoms with E-state index in [-0.39, 0.29) is 5.91 Å². The molecule has 1 fully saturated rings. The van der Waals surface area contributed by atoms with Gasteiger partial charge in [-0.2, -0.15) is 0 Å². The van der Waals surface area contributed by atoms with Crippen LogP contribution >= 0.6 is 0 Å². The standard InChI is InChI=1S/C21H26N2O/c1-16-6-5-13-23(15-16)20-11-9-19(10-12-20)22-21(24)14-18-8-4-3-7-17(18)2/h3-4,7-12,16H,5-6,13-15H2,1-2H3,(H,22,24). The van der Waals surface area contributed by atoms with E-state index in [1.165, 1.54) is 18.5 Å². The smallest absolute Gasteiger partial charge is 0.228 e. The van der Waals surface area contributed by atoms with Crippen molar-refractivity contribution in [2.75, 3.05) is 23.3 Å². The first-order valence-electron chi connectivity index (χ1n) is 8.81. The zero-order chi connectivity index (χ0) is 16.9. The van der Waals surface area contributed by atoms with Crippen molar-refractivity contribution in [3.05, 3.63) is 59.7 Å². The Hall–Kier alpha value is -2.29. The van der Waals surface area contributed by atoms with Gasteiger partial charge in [-0.05, 0) is 61.1 Å². The highest BCUT2D eigenvalue weighted by Gasteiger charge is 2.16. The topological polar surface area (TPSA) is 32.3 Å². The van der Waals surface area contributed by atoms with Crippen LogP contribution in [0.2, 0.25) is 0 Å². The Morgan fingerprint density at radius 3 is 2.62 bits per heavy atom. The van der Waals surface area contributed by atoms with Crippen LogP contribution < -0.4 is 10.2 Å². The molecule has 1 unspecified atom stereocenters. The molecule has 1 heterocycles. The Kier molecular flexibility index (Phi) is 5.19. The summed E-state index contributed by atoms with van der Waals surface area (Å²) in [7, 11) is 0. The van der Waals surface area contributed by atoms with E-state index in [4.69, 9.17) is 0 Å². The lowest BCUT2D eigenvalue weighted by atomic mass is 10.00. The molecule has 24 heavy (non-hydrogen) atoms. The highest BCUT2D eigenvalue weighted by Crippen LogP contribution is 2.24. The highest BCUT2D eigenvalue weighted by atomic mass is 16.1. The molecule has 1 atom stereocenters. The van der Waals surface area contributed by atoms with Gasteiger partial charge in [0.1, 0.15) is 0 Å². The molecule has 1 saturated heterocycles. The van der Waals surface area contributed by atoms with Crippen molar-refractivity contribution in [1.82, 2.24) is 0 Å². The summed E-state index contributed by atoms with van der Waals surface area (Å²) in [4.78, 5) is 14.7. The first kappa shape index (κ1) is 16.6. The number of nitrogens with zero attached hydrogens (tertiary/aromatic N) is 1. The molecule has 2 aromatic carbocycles. The van der Waals surface area contributed by atoms with Crippen molar-refractivity contribution in [2.24, 2.45) is 5.92 Å². The minimum atomic E-state index is 0.0312. The maximum atomic E-state index is 12.2. The fraction of sp³-hybridized carbons (Fsp3) is 0.381. The Labute approximate surface area is 144 Å². The average molecular weight is 322 g/mol. The molecule has 0 radical (unpaired) electrons. The van der Waals surface area contributed by atoms with E-state index < -0.39 is 0 Å². The summed E-state index contributed by atoms with van der Waals surface area (Å²) in [5.41, 5.74) is 4.34. The predicted octanol–water partition coefficient (Wildman–Crippen LogP) is 4.41.